The van der Waals surface area contributed by atoms with Gasteiger partial charge in [-0.05, 0) is 19.3 Å². The molecule has 5 heteroatoms. The Morgan fingerprint density at radius 3 is 2.37 bits per heavy atom. The van der Waals surface area contributed by atoms with Gasteiger partial charge in [0, 0.05) is 25.6 Å². The summed E-state index contributed by atoms with van der Waals surface area (Å²) in [5, 5.41) is 8.73. The van der Waals surface area contributed by atoms with Crippen molar-refractivity contribution in [2.45, 2.75) is 53.0 Å². The third-order valence-electron chi connectivity index (χ3n) is 2.65. The van der Waals surface area contributed by atoms with Crippen molar-refractivity contribution >= 4 is 11.8 Å². The van der Waals surface area contributed by atoms with Gasteiger partial charge in [0.2, 0.25) is 11.8 Å². The summed E-state index contributed by atoms with van der Waals surface area (Å²) in [6, 6.07) is 0.216. The molecule has 5 nitrogen and oxygen atoms in total. The van der Waals surface area contributed by atoms with Crippen LogP contribution in [0.5, 0.6) is 0 Å². The minimum Gasteiger partial charge on any atom is -0.356 e. The molecule has 1 atom stereocenters. The molecule has 3 N–H and O–H groups in total. The topological polar surface area (TPSA) is 70.2 Å². The zero-order valence-electron chi connectivity index (χ0n) is 12.7. The highest BCUT2D eigenvalue weighted by atomic mass is 16.2. The molecule has 112 valence electrons. The predicted octanol–water partition coefficient (Wildman–Crippen LogP) is 1.04. The first-order chi connectivity index (χ1) is 8.95. The van der Waals surface area contributed by atoms with Gasteiger partial charge in [-0.1, -0.05) is 27.2 Å². The van der Waals surface area contributed by atoms with Crippen molar-refractivity contribution in [3.05, 3.63) is 0 Å². The van der Waals surface area contributed by atoms with Gasteiger partial charge in [-0.15, -0.1) is 0 Å². The molecule has 19 heavy (non-hydrogen) atoms. The van der Waals surface area contributed by atoms with Crippen molar-refractivity contribution in [1.82, 2.24) is 16.0 Å². The largest absolute Gasteiger partial charge is 0.356 e. The molecule has 0 aromatic heterocycles. The van der Waals surface area contributed by atoms with E-state index in [4.69, 9.17) is 0 Å². The zero-order chi connectivity index (χ0) is 14.7. The van der Waals surface area contributed by atoms with Crippen LogP contribution in [0.3, 0.4) is 0 Å². The lowest BCUT2D eigenvalue weighted by Gasteiger charge is -2.13. The molecule has 0 spiro atoms. The van der Waals surface area contributed by atoms with Gasteiger partial charge in [-0.3, -0.25) is 9.59 Å². The first-order valence-electron chi connectivity index (χ1n) is 7.22. The van der Waals surface area contributed by atoms with Crippen molar-refractivity contribution in [1.29, 1.82) is 0 Å². The Hall–Kier alpha value is -1.10. The molecule has 0 radical (unpaired) electrons. The molecule has 0 aliphatic heterocycles. The number of nitrogens with one attached hydrogen (secondary N) is 3. The summed E-state index contributed by atoms with van der Waals surface area (Å²) in [7, 11) is 0. The van der Waals surface area contributed by atoms with Gasteiger partial charge in [0.05, 0.1) is 6.54 Å². The van der Waals surface area contributed by atoms with Gasteiger partial charge in [-0.2, -0.15) is 0 Å². The van der Waals surface area contributed by atoms with Gasteiger partial charge in [0.15, 0.2) is 0 Å². The Morgan fingerprint density at radius 1 is 1.11 bits per heavy atom. The van der Waals surface area contributed by atoms with E-state index < -0.39 is 0 Å². The molecule has 0 heterocycles. The molecule has 0 fully saturated rings. The number of amides is 2. The highest BCUT2D eigenvalue weighted by Gasteiger charge is 2.06. The lowest BCUT2D eigenvalue weighted by Crippen LogP contribution is -2.40. The smallest absolute Gasteiger partial charge is 0.234 e. The second-order valence-corrected chi connectivity index (χ2v) is 5.38. The molecular formula is C14H29N3O2. The molecule has 0 aromatic rings. The fraction of sp³-hybridized carbons (Fsp3) is 0.857. The van der Waals surface area contributed by atoms with E-state index in [0.717, 1.165) is 12.8 Å². The van der Waals surface area contributed by atoms with Crippen LogP contribution in [0.15, 0.2) is 0 Å². The standard InChI is InChI=1S/C14H29N3O2/c1-5-6-12(4)17-14(19)10-15-8-7-13(18)16-9-11(2)3/h11-12,15H,5-10H2,1-4H3,(H,16,18)(H,17,19). The molecular weight excluding hydrogens is 242 g/mol. The highest BCUT2D eigenvalue weighted by molar-refractivity contribution is 5.78. The van der Waals surface area contributed by atoms with Gasteiger partial charge in [-0.25, -0.2) is 0 Å². The van der Waals surface area contributed by atoms with Crippen molar-refractivity contribution in [3.8, 4) is 0 Å². The van der Waals surface area contributed by atoms with E-state index in [1.165, 1.54) is 0 Å². The third kappa shape index (κ3) is 11.7. The minimum absolute atomic E-state index is 0.0106. The Balaban J connectivity index is 3.52. The molecule has 0 bridgehead atoms. The van der Waals surface area contributed by atoms with Crippen molar-refractivity contribution < 1.29 is 9.59 Å². The van der Waals surface area contributed by atoms with Crippen LogP contribution in [0.2, 0.25) is 0 Å². The average Bonchev–Trinajstić information content (AvgIpc) is 2.32. The average molecular weight is 271 g/mol. The van der Waals surface area contributed by atoms with Gasteiger partial charge in [0.25, 0.3) is 0 Å². The minimum atomic E-state index is -0.0106. The maximum absolute atomic E-state index is 11.5. The maximum atomic E-state index is 11.5. The van der Waals surface area contributed by atoms with E-state index in [1.807, 2.05) is 6.92 Å². The quantitative estimate of drug-likeness (QED) is 0.520. The number of hydrogen-bond donors (Lipinski definition) is 3. The molecule has 0 aliphatic rings. The fourth-order valence-corrected chi connectivity index (χ4v) is 1.64. The van der Waals surface area contributed by atoms with E-state index >= 15 is 0 Å². The van der Waals surface area contributed by atoms with E-state index in [-0.39, 0.29) is 24.4 Å². The Kier molecular flexibility index (Phi) is 10.2. The summed E-state index contributed by atoms with van der Waals surface area (Å²) in [6.45, 7) is 9.71. The second kappa shape index (κ2) is 10.8. The second-order valence-electron chi connectivity index (χ2n) is 5.38. The lowest BCUT2D eigenvalue weighted by atomic mass is 10.2. The van der Waals surface area contributed by atoms with Crippen LogP contribution < -0.4 is 16.0 Å². The zero-order valence-corrected chi connectivity index (χ0v) is 12.7. The first kappa shape index (κ1) is 17.9. The Morgan fingerprint density at radius 2 is 1.79 bits per heavy atom. The molecule has 0 saturated heterocycles. The van der Waals surface area contributed by atoms with Crippen LogP contribution in [0.1, 0.15) is 47.0 Å². The van der Waals surface area contributed by atoms with E-state index in [9.17, 15) is 9.59 Å². The summed E-state index contributed by atoms with van der Waals surface area (Å²) >= 11 is 0. The molecule has 1 unspecified atom stereocenters. The number of carbonyl (C=O) groups is 2. The summed E-state index contributed by atoms with van der Waals surface area (Å²) < 4.78 is 0. The first-order valence-corrected chi connectivity index (χ1v) is 7.22. The maximum Gasteiger partial charge on any atom is 0.234 e. The van der Waals surface area contributed by atoms with Crippen LogP contribution in [-0.2, 0) is 9.59 Å². The van der Waals surface area contributed by atoms with Gasteiger partial charge < -0.3 is 16.0 Å². The van der Waals surface area contributed by atoms with Gasteiger partial charge >= 0.3 is 0 Å². The van der Waals surface area contributed by atoms with E-state index in [0.29, 0.717) is 25.4 Å². The van der Waals surface area contributed by atoms with Crippen LogP contribution in [-0.4, -0.2) is 37.5 Å². The van der Waals surface area contributed by atoms with Crippen LogP contribution in [0, 0.1) is 5.92 Å². The fourth-order valence-electron chi connectivity index (χ4n) is 1.64. The van der Waals surface area contributed by atoms with Crippen molar-refractivity contribution in [3.63, 3.8) is 0 Å². The Bertz CT molecular complexity index is 267. The Labute approximate surface area is 116 Å². The number of rotatable bonds is 10. The highest BCUT2D eigenvalue weighted by Crippen LogP contribution is 1.93. The summed E-state index contributed by atoms with van der Waals surface area (Å²) in [4.78, 5) is 22.9. The molecule has 0 aromatic carbocycles. The summed E-state index contributed by atoms with van der Waals surface area (Å²) in [5.74, 6) is 0.479. The summed E-state index contributed by atoms with van der Waals surface area (Å²) in [5.41, 5.74) is 0. The molecule has 0 saturated carbocycles. The SMILES string of the molecule is CCCC(C)NC(=O)CNCCC(=O)NCC(C)C. The van der Waals surface area contributed by atoms with Crippen LogP contribution >= 0.6 is 0 Å². The number of carbonyl (C=O) groups excluding carboxylic acids is 2. The monoisotopic (exact) mass is 271 g/mol. The van der Waals surface area contributed by atoms with Crippen LogP contribution in [0.4, 0.5) is 0 Å². The van der Waals surface area contributed by atoms with E-state index in [1.54, 1.807) is 0 Å². The summed E-state index contributed by atoms with van der Waals surface area (Å²) in [6.07, 6.45) is 2.46. The van der Waals surface area contributed by atoms with Crippen molar-refractivity contribution in [2.75, 3.05) is 19.6 Å². The molecule has 0 rings (SSSR count). The molecule has 2 amide bonds. The van der Waals surface area contributed by atoms with E-state index in [2.05, 4.69) is 36.7 Å². The number of hydrogen-bond acceptors (Lipinski definition) is 3. The van der Waals surface area contributed by atoms with Crippen LogP contribution in [0.25, 0.3) is 0 Å². The predicted molar refractivity (Wildman–Crippen MR) is 77.8 cm³/mol. The molecule has 0 aliphatic carbocycles. The van der Waals surface area contributed by atoms with Crippen molar-refractivity contribution in [2.24, 2.45) is 5.92 Å². The lowest BCUT2D eigenvalue weighted by molar-refractivity contribution is -0.122. The normalized spacial score (nSPS) is 12.3. The van der Waals surface area contributed by atoms with Gasteiger partial charge in [0.1, 0.15) is 0 Å². The third-order valence-corrected chi connectivity index (χ3v) is 2.65.